The SMILES string of the molecule is O=C(NCc1ccco1)N1CCC(C2CCN(CCc3ccccc3)CC2)C1. The third kappa shape index (κ3) is 4.96. The molecule has 28 heavy (non-hydrogen) atoms. The number of carbonyl (C=O) groups is 1. The predicted octanol–water partition coefficient (Wildman–Crippen LogP) is 3.77. The van der Waals surface area contributed by atoms with Crippen LogP contribution in [0.5, 0.6) is 0 Å². The molecule has 1 aromatic carbocycles. The van der Waals surface area contributed by atoms with Gasteiger partial charge in [0.05, 0.1) is 12.8 Å². The van der Waals surface area contributed by atoms with Gasteiger partial charge in [0.2, 0.25) is 0 Å². The second kappa shape index (κ2) is 9.28. The average Bonchev–Trinajstić information content (AvgIpc) is 3.44. The molecule has 1 atom stereocenters. The van der Waals surface area contributed by atoms with Crippen molar-refractivity contribution in [3.63, 3.8) is 0 Å². The van der Waals surface area contributed by atoms with Crippen molar-refractivity contribution in [1.82, 2.24) is 15.1 Å². The van der Waals surface area contributed by atoms with Gasteiger partial charge in [0.15, 0.2) is 0 Å². The number of piperidine rings is 1. The van der Waals surface area contributed by atoms with Gasteiger partial charge in [-0.05, 0) is 68.3 Å². The second-order valence-corrected chi connectivity index (χ2v) is 8.15. The van der Waals surface area contributed by atoms with E-state index in [2.05, 4.69) is 40.5 Å². The first-order valence-corrected chi connectivity index (χ1v) is 10.6. The van der Waals surface area contributed by atoms with Crippen molar-refractivity contribution in [2.75, 3.05) is 32.7 Å². The van der Waals surface area contributed by atoms with Crippen LogP contribution >= 0.6 is 0 Å². The van der Waals surface area contributed by atoms with E-state index in [0.29, 0.717) is 12.5 Å². The number of rotatable bonds is 6. The predicted molar refractivity (Wildman–Crippen MR) is 110 cm³/mol. The molecule has 2 aliphatic heterocycles. The molecule has 1 unspecified atom stereocenters. The lowest BCUT2D eigenvalue weighted by Gasteiger charge is -2.34. The molecule has 2 amide bonds. The van der Waals surface area contributed by atoms with Gasteiger partial charge in [0, 0.05) is 19.6 Å². The fourth-order valence-corrected chi connectivity index (χ4v) is 4.62. The lowest BCUT2D eigenvalue weighted by molar-refractivity contribution is 0.148. The topological polar surface area (TPSA) is 48.7 Å². The quantitative estimate of drug-likeness (QED) is 0.829. The van der Waals surface area contributed by atoms with Crippen molar-refractivity contribution in [2.24, 2.45) is 11.8 Å². The van der Waals surface area contributed by atoms with E-state index in [-0.39, 0.29) is 6.03 Å². The van der Waals surface area contributed by atoms with Crippen LogP contribution in [0, 0.1) is 11.8 Å². The highest BCUT2D eigenvalue weighted by molar-refractivity contribution is 5.74. The van der Waals surface area contributed by atoms with Gasteiger partial charge in [-0.15, -0.1) is 0 Å². The Morgan fingerprint density at radius 2 is 1.79 bits per heavy atom. The van der Waals surface area contributed by atoms with Crippen molar-refractivity contribution in [3.05, 3.63) is 60.1 Å². The van der Waals surface area contributed by atoms with Crippen molar-refractivity contribution >= 4 is 6.03 Å². The molecule has 5 heteroatoms. The minimum Gasteiger partial charge on any atom is -0.467 e. The van der Waals surface area contributed by atoms with Crippen LogP contribution in [0.1, 0.15) is 30.6 Å². The summed E-state index contributed by atoms with van der Waals surface area (Å²) >= 11 is 0. The first-order valence-electron chi connectivity index (χ1n) is 10.6. The Morgan fingerprint density at radius 1 is 1.00 bits per heavy atom. The van der Waals surface area contributed by atoms with Crippen LogP contribution in [0.15, 0.2) is 53.1 Å². The lowest BCUT2D eigenvalue weighted by Crippen LogP contribution is -2.40. The van der Waals surface area contributed by atoms with Gasteiger partial charge in [-0.1, -0.05) is 30.3 Å². The summed E-state index contributed by atoms with van der Waals surface area (Å²) in [7, 11) is 0. The summed E-state index contributed by atoms with van der Waals surface area (Å²) in [5.74, 6) is 2.22. The Labute approximate surface area is 167 Å². The number of amides is 2. The highest BCUT2D eigenvalue weighted by Gasteiger charge is 2.33. The molecule has 2 saturated heterocycles. The Bertz CT molecular complexity index is 724. The summed E-state index contributed by atoms with van der Waals surface area (Å²) in [5, 5.41) is 2.97. The number of furan rings is 1. The van der Waals surface area contributed by atoms with E-state index in [0.717, 1.165) is 44.2 Å². The van der Waals surface area contributed by atoms with E-state index in [1.54, 1.807) is 6.26 Å². The van der Waals surface area contributed by atoms with Crippen molar-refractivity contribution < 1.29 is 9.21 Å². The zero-order valence-electron chi connectivity index (χ0n) is 16.6. The van der Waals surface area contributed by atoms with Crippen molar-refractivity contribution in [2.45, 2.75) is 32.2 Å². The monoisotopic (exact) mass is 381 g/mol. The summed E-state index contributed by atoms with van der Waals surface area (Å²) < 4.78 is 5.28. The highest BCUT2D eigenvalue weighted by Crippen LogP contribution is 2.32. The van der Waals surface area contributed by atoms with E-state index in [9.17, 15) is 4.79 Å². The third-order valence-electron chi connectivity index (χ3n) is 6.36. The number of nitrogens with zero attached hydrogens (tertiary/aromatic N) is 2. The van der Waals surface area contributed by atoms with E-state index in [1.165, 1.54) is 31.5 Å². The average molecular weight is 382 g/mol. The number of urea groups is 1. The Balaban J connectivity index is 1.16. The molecule has 2 fully saturated rings. The molecule has 0 aliphatic carbocycles. The summed E-state index contributed by atoms with van der Waals surface area (Å²) in [4.78, 5) is 17.0. The lowest BCUT2D eigenvalue weighted by atomic mass is 9.83. The third-order valence-corrected chi connectivity index (χ3v) is 6.36. The summed E-state index contributed by atoms with van der Waals surface area (Å²) in [6, 6.07) is 14.5. The fourth-order valence-electron chi connectivity index (χ4n) is 4.62. The molecule has 2 aliphatic rings. The number of carbonyl (C=O) groups excluding carboxylic acids is 1. The van der Waals surface area contributed by atoms with Crippen LogP contribution in [0.2, 0.25) is 0 Å². The van der Waals surface area contributed by atoms with Crippen LogP contribution < -0.4 is 5.32 Å². The number of benzene rings is 1. The van der Waals surface area contributed by atoms with Crippen molar-refractivity contribution in [1.29, 1.82) is 0 Å². The van der Waals surface area contributed by atoms with Gasteiger partial charge >= 0.3 is 6.03 Å². The van der Waals surface area contributed by atoms with Gasteiger partial charge in [-0.3, -0.25) is 0 Å². The summed E-state index contributed by atoms with van der Waals surface area (Å²) in [6.45, 7) is 5.79. The van der Waals surface area contributed by atoms with Gasteiger partial charge in [-0.25, -0.2) is 4.79 Å². The number of hydrogen-bond acceptors (Lipinski definition) is 3. The zero-order chi connectivity index (χ0) is 19.2. The van der Waals surface area contributed by atoms with Crippen LogP contribution in [0.25, 0.3) is 0 Å². The first-order chi connectivity index (χ1) is 13.8. The molecule has 0 spiro atoms. The Kier molecular flexibility index (Phi) is 6.32. The molecule has 1 N–H and O–H groups in total. The highest BCUT2D eigenvalue weighted by atomic mass is 16.3. The van der Waals surface area contributed by atoms with E-state index in [4.69, 9.17) is 4.42 Å². The minimum atomic E-state index is 0.0409. The minimum absolute atomic E-state index is 0.0409. The van der Waals surface area contributed by atoms with E-state index >= 15 is 0 Å². The molecular formula is C23H31N3O2. The number of hydrogen-bond donors (Lipinski definition) is 1. The molecule has 0 saturated carbocycles. The van der Waals surface area contributed by atoms with Gasteiger partial charge in [-0.2, -0.15) is 0 Å². The molecule has 2 aromatic rings. The molecule has 0 radical (unpaired) electrons. The standard InChI is InChI=1S/C23H31N3O2/c27-23(24-17-22-7-4-16-28-22)26-15-11-21(18-26)20-9-13-25(14-10-20)12-8-19-5-2-1-3-6-19/h1-7,16,20-21H,8-15,17-18H2,(H,24,27). The summed E-state index contributed by atoms with van der Waals surface area (Å²) in [5.41, 5.74) is 1.43. The molecule has 0 bridgehead atoms. The van der Waals surface area contributed by atoms with Gasteiger partial charge in [0.25, 0.3) is 0 Å². The van der Waals surface area contributed by atoms with Crippen LogP contribution in [-0.4, -0.2) is 48.6 Å². The maximum atomic E-state index is 12.4. The van der Waals surface area contributed by atoms with Crippen molar-refractivity contribution in [3.8, 4) is 0 Å². The number of likely N-dealkylation sites (tertiary alicyclic amines) is 2. The largest absolute Gasteiger partial charge is 0.467 e. The normalized spacial score (nSPS) is 21.1. The molecule has 5 nitrogen and oxygen atoms in total. The molecule has 1 aromatic heterocycles. The first kappa shape index (κ1) is 19.1. The Morgan fingerprint density at radius 3 is 2.54 bits per heavy atom. The molecular weight excluding hydrogens is 350 g/mol. The molecule has 150 valence electrons. The van der Waals surface area contributed by atoms with Crippen LogP contribution in [-0.2, 0) is 13.0 Å². The second-order valence-electron chi connectivity index (χ2n) is 8.15. The maximum Gasteiger partial charge on any atom is 0.317 e. The smallest absolute Gasteiger partial charge is 0.317 e. The van der Waals surface area contributed by atoms with E-state index in [1.807, 2.05) is 17.0 Å². The number of nitrogens with one attached hydrogen (secondary N) is 1. The molecule has 3 heterocycles. The zero-order valence-corrected chi connectivity index (χ0v) is 16.6. The fraction of sp³-hybridized carbons (Fsp3) is 0.522. The Hall–Kier alpha value is -2.27. The van der Waals surface area contributed by atoms with Crippen LogP contribution in [0.4, 0.5) is 4.79 Å². The summed E-state index contributed by atoms with van der Waals surface area (Å²) in [6.07, 6.45) is 6.45. The van der Waals surface area contributed by atoms with Gasteiger partial charge < -0.3 is 19.5 Å². The maximum absolute atomic E-state index is 12.4. The molecule has 4 rings (SSSR count). The van der Waals surface area contributed by atoms with E-state index < -0.39 is 0 Å². The van der Waals surface area contributed by atoms with Crippen LogP contribution in [0.3, 0.4) is 0 Å². The van der Waals surface area contributed by atoms with Gasteiger partial charge in [0.1, 0.15) is 5.76 Å².